The van der Waals surface area contributed by atoms with E-state index in [4.69, 9.17) is 14.2 Å². The summed E-state index contributed by atoms with van der Waals surface area (Å²) in [6, 6.07) is 11.2. The van der Waals surface area contributed by atoms with Crippen molar-refractivity contribution in [2.75, 3.05) is 21.3 Å². The molecule has 0 aliphatic rings. The van der Waals surface area contributed by atoms with E-state index in [2.05, 4.69) is 9.97 Å². The van der Waals surface area contributed by atoms with Gasteiger partial charge in [0, 0.05) is 4.90 Å². The fraction of sp³-hybridized carbons (Fsp3) is 0.267. The molecule has 0 saturated heterocycles. The van der Waals surface area contributed by atoms with Gasteiger partial charge in [0.05, 0.1) is 27.4 Å². The highest BCUT2D eigenvalue weighted by atomic mass is 32.2. The number of ether oxygens (including phenoxy) is 3. The number of aromatic nitrogens is 2. The number of rotatable bonds is 7. The van der Waals surface area contributed by atoms with Crippen LogP contribution in [0.1, 0.15) is 0 Å². The molecule has 0 radical (unpaired) electrons. The molecule has 1 aromatic carbocycles. The third-order valence-corrected chi connectivity index (χ3v) is 5.00. The lowest BCUT2D eigenvalue weighted by atomic mass is 10.4. The quantitative estimate of drug-likeness (QED) is 0.326. The molecule has 8 heteroatoms. The highest BCUT2D eigenvalue weighted by molar-refractivity contribution is 8.18. The van der Waals surface area contributed by atoms with E-state index < -0.39 is 4.58 Å². The molecule has 0 bridgehead atoms. The van der Waals surface area contributed by atoms with Crippen molar-refractivity contribution in [2.24, 2.45) is 0 Å². The van der Waals surface area contributed by atoms with E-state index in [0.717, 1.165) is 4.90 Å². The predicted octanol–water partition coefficient (Wildman–Crippen LogP) is 2.88. The molecule has 0 fully saturated rings. The third kappa shape index (κ3) is 5.04. The van der Waals surface area contributed by atoms with E-state index in [0.29, 0.717) is 16.9 Å². The van der Waals surface area contributed by atoms with Crippen LogP contribution in [0.4, 0.5) is 0 Å². The Kier molecular flexibility index (Phi) is 6.54. The maximum atomic E-state index is 12.0. The Morgan fingerprint density at radius 2 is 1.61 bits per heavy atom. The lowest BCUT2D eigenvalue weighted by Gasteiger charge is -2.13. The zero-order chi connectivity index (χ0) is 16.7. The monoisotopic (exact) mass is 352 g/mol. The predicted molar refractivity (Wildman–Crippen MR) is 89.1 cm³/mol. The van der Waals surface area contributed by atoms with E-state index >= 15 is 0 Å². The van der Waals surface area contributed by atoms with Crippen molar-refractivity contribution in [3.8, 4) is 11.8 Å². The summed E-state index contributed by atoms with van der Waals surface area (Å²) in [6.07, 6.45) is 0. The van der Waals surface area contributed by atoms with Crippen LogP contribution in [0.2, 0.25) is 0 Å². The standard InChI is InChI=1S/C15H16N2O4S2/c1-19-11-9-12(20-2)17-15(16-11)23-14(13(18)21-3)22-10-7-5-4-6-8-10/h4-9,14H,1-3H3. The number of hydrogen-bond acceptors (Lipinski definition) is 8. The molecule has 1 atom stereocenters. The second kappa shape index (κ2) is 8.64. The first kappa shape index (κ1) is 17.4. The molecule has 122 valence electrons. The van der Waals surface area contributed by atoms with Crippen molar-refractivity contribution < 1.29 is 19.0 Å². The smallest absolute Gasteiger partial charge is 0.329 e. The summed E-state index contributed by atoms with van der Waals surface area (Å²) in [6.45, 7) is 0. The average molecular weight is 352 g/mol. The van der Waals surface area contributed by atoms with Gasteiger partial charge in [0.2, 0.25) is 11.8 Å². The number of methoxy groups -OCH3 is 3. The summed E-state index contributed by atoms with van der Waals surface area (Å²) in [4.78, 5) is 21.4. The summed E-state index contributed by atoms with van der Waals surface area (Å²) in [5.41, 5.74) is 0. The van der Waals surface area contributed by atoms with Crippen LogP contribution >= 0.6 is 23.5 Å². The van der Waals surface area contributed by atoms with Crippen LogP contribution < -0.4 is 9.47 Å². The lowest BCUT2D eigenvalue weighted by Crippen LogP contribution is -2.15. The second-order valence-corrected chi connectivity index (χ2v) is 6.69. The molecule has 0 aliphatic heterocycles. The summed E-state index contributed by atoms with van der Waals surface area (Å²) >= 11 is 2.55. The Morgan fingerprint density at radius 1 is 1.00 bits per heavy atom. The lowest BCUT2D eigenvalue weighted by molar-refractivity contribution is -0.138. The summed E-state index contributed by atoms with van der Waals surface area (Å²) in [5, 5.41) is 0.375. The Hall–Kier alpha value is -1.93. The number of esters is 1. The highest BCUT2D eigenvalue weighted by Crippen LogP contribution is 2.36. The van der Waals surface area contributed by atoms with E-state index in [-0.39, 0.29) is 5.97 Å². The number of carbonyl (C=O) groups excluding carboxylic acids is 1. The van der Waals surface area contributed by atoms with Crippen LogP contribution in [0.5, 0.6) is 11.8 Å². The fourth-order valence-electron chi connectivity index (χ4n) is 1.58. The Bertz CT molecular complexity index is 633. The van der Waals surface area contributed by atoms with Crippen LogP contribution in [-0.2, 0) is 9.53 Å². The van der Waals surface area contributed by atoms with Crippen molar-refractivity contribution in [2.45, 2.75) is 14.6 Å². The van der Waals surface area contributed by atoms with Crippen molar-refractivity contribution in [3.63, 3.8) is 0 Å². The molecule has 0 amide bonds. The zero-order valence-electron chi connectivity index (χ0n) is 12.9. The van der Waals surface area contributed by atoms with Gasteiger partial charge in [-0.05, 0) is 12.1 Å². The van der Waals surface area contributed by atoms with Crippen molar-refractivity contribution in [1.29, 1.82) is 0 Å². The first-order chi connectivity index (χ1) is 11.2. The minimum atomic E-state index is -0.542. The molecule has 1 aromatic heterocycles. The number of thioether (sulfide) groups is 2. The number of carbonyl (C=O) groups is 1. The molecule has 0 spiro atoms. The van der Waals surface area contributed by atoms with E-state index in [1.165, 1.54) is 44.9 Å². The van der Waals surface area contributed by atoms with Crippen molar-refractivity contribution in [3.05, 3.63) is 36.4 Å². The minimum Gasteiger partial charge on any atom is -0.481 e. The van der Waals surface area contributed by atoms with Crippen LogP contribution in [-0.4, -0.2) is 41.8 Å². The molecule has 1 unspecified atom stereocenters. The SMILES string of the molecule is COC(=O)C(Sc1ccccc1)Sc1nc(OC)cc(OC)n1. The zero-order valence-corrected chi connectivity index (χ0v) is 14.5. The van der Waals surface area contributed by atoms with Gasteiger partial charge in [-0.15, -0.1) is 0 Å². The number of nitrogens with zero attached hydrogens (tertiary/aromatic N) is 2. The fourth-order valence-corrected chi connectivity index (χ4v) is 3.79. The third-order valence-electron chi connectivity index (χ3n) is 2.67. The summed E-state index contributed by atoms with van der Waals surface area (Å²) < 4.78 is 14.6. The molecule has 23 heavy (non-hydrogen) atoms. The Morgan fingerprint density at radius 3 is 2.13 bits per heavy atom. The van der Waals surface area contributed by atoms with Gasteiger partial charge in [-0.2, -0.15) is 9.97 Å². The maximum absolute atomic E-state index is 12.0. The number of hydrogen-bond donors (Lipinski definition) is 0. The van der Waals surface area contributed by atoms with Crippen LogP contribution in [0, 0.1) is 0 Å². The van der Waals surface area contributed by atoms with E-state index in [1.807, 2.05) is 30.3 Å². The minimum absolute atomic E-state index is 0.366. The van der Waals surface area contributed by atoms with Crippen LogP contribution in [0.15, 0.2) is 46.5 Å². The molecular formula is C15H16N2O4S2. The van der Waals surface area contributed by atoms with Gasteiger partial charge in [-0.3, -0.25) is 0 Å². The number of benzene rings is 1. The molecule has 0 saturated carbocycles. The van der Waals surface area contributed by atoms with Crippen molar-refractivity contribution in [1.82, 2.24) is 9.97 Å². The Balaban J connectivity index is 2.22. The summed E-state index contributed by atoms with van der Waals surface area (Å²) in [7, 11) is 4.37. The van der Waals surface area contributed by atoms with Gasteiger partial charge in [-0.1, -0.05) is 41.7 Å². The van der Waals surface area contributed by atoms with Gasteiger partial charge in [-0.25, -0.2) is 4.79 Å². The topological polar surface area (TPSA) is 70.5 Å². The normalized spacial score (nSPS) is 11.6. The van der Waals surface area contributed by atoms with Gasteiger partial charge >= 0.3 is 5.97 Å². The van der Waals surface area contributed by atoms with E-state index in [1.54, 1.807) is 6.07 Å². The average Bonchev–Trinajstić information content (AvgIpc) is 2.60. The van der Waals surface area contributed by atoms with Gasteiger partial charge in [0.15, 0.2) is 9.74 Å². The van der Waals surface area contributed by atoms with Gasteiger partial charge in [0.25, 0.3) is 0 Å². The molecule has 6 nitrogen and oxygen atoms in total. The Labute approximate surface area is 143 Å². The first-order valence-electron chi connectivity index (χ1n) is 6.59. The molecule has 2 aromatic rings. The van der Waals surface area contributed by atoms with Crippen LogP contribution in [0.25, 0.3) is 0 Å². The first-order valence-corrected chi connectivity index (χ1v) is 8.35. The molecule has 0 N–H and O–H groups in total. The van der Waals surface area contributed by atoms with Crippen LogP contribution in [0.3, 0.4) is 0 Å². The molecule has 0 aliphatic carbocycles. The molecule has 1 heterocycles. The maximum Gasteiger partial charge on any atom is 0.329 e. The van der Waals surface area contributed by atoms with Gasteiger partial charge in [0.1, 0.15) is 0 Å². The van der Waals surface area contributed by atoms with Crippen molar-refractivity contribution >= 4 is 29.5 Å². The van der Waals surface area contributed by atoms with Gasteiger partial charge < -0.3 is 14.2 Å². The molecule has 2 rings (SSSR count). The highest BCUT2D eigenvalue weighted by Gasteiger charge is 2.24. The second-order valence-electron chi connectivity index (χ2n) is 4.14. The largest absolute Gasteiger partial charge is 0.481 e. The van der Waals surface area contributed by atoms with E-state index in [9.17, 15) is 4.79 Å². The molecular weight excluding hydrogens is 336 g/mol. The summed E-state index contributed by atoms with van der Waals surface area (Å²) in [5.74, 6) is 0.370.